The fourth-order valence-electron chi connectivity index (χ4n) is 4.84. The highest BCUT2D eigenvalue weighted by Gasteiger charge is 2.37. The van der Waals surface area contributed by atoms with Gasteiger partial charge in [-0.1, -0.05) is 29.4 Å². The third-order valence-corrected chi connectivity index (χ3v) is 6.63. The van der Waals surface area contributed by atoms with Gasteiger partial charge in [-0.2, -0.15) is 4.98 Å². The van der Waals surface area contributed by atoms with E-state index in [-0.39, 0.29) is 30.5 Å². The molecule has 0 spiro atoms. The molecule has 34 heavy (non-hydrogen) atoms. The summed E-state index contributed by atoms with van der Waals surface area (Å²) < 4.78 is 5.45. The number of likely N-dealkylation sites (tertiary alicyclic amines) is 1. The van der Waals surface area contributed by atoms with E-state index in [9.17, 15) is 19.5 Å². The van der Waals surface area contributed by atoms with E-state index in [4.69, 9.17) is 15.4 Å². The number of aromatic nitrogens is 2. The van der Waals surface area contributed by atoms with Gasteiger partial charge in [0.15, 0.2) is 5.82 Å². The molecular weight excluding hydrogens is 442 g/mol. The van der Waals surface area contributed by atoms with Gasteiger partial charge in [-0.25, -0.2) is 9.59 Å². The number of carboxylic acid groups (broad SMARTS) is 2. The van der Waals surface area contributed by atoms with Gasteiger partial charge in [0.05, 0.1) is 6.04 Å². The van der Waals surface area contributed by atoms with E-state index in [0.717, 1.165) is 12.8 Å². The van der Waals surface area contributed by atoms with Crippen LogP contribution in [0, 0.1) is 0 Å². The zero-order valence-electron chi connectivity index (χ0n) is 18.7. The lowest BCUT2D eigenvalue weighted by molar-refractivity contribution is -0.141. The van der Waals surface area contributed by atoms with E-state index in [1.807, 2.05) is 12.1 Å². The van der Waals surface area contributed by atoms with Crippen LogP contribution in [0.2, 0.25) is 0 Å². The first kappa shape index (κ1) is 23.7. The Bertz CT molecular complexity index is 1060. The van der Waals surface area contributed by atoms with Crippen molar-refractivity contribution in [2.75, 3.05) is 6.54 Å². The van der Waals surface area contributed by atoms with Crippen LogP contribution in [-0.2, 0) is 16.0 Å². The Labute approximate surface area is 196 Å². The summed E-state index contributed by atoms with van der Waals surface area (Å²) in [5, 5.41) is 25.2. The van der Waals surface area contributed by atoms with E-state index in [0.29, 0.717) is 25.8 Å². The number of nitrogens with zero attached hydrogens (tertiary/aromatic N) is 3. The van der Waals surface area contributed by atoms with Gasteiger partial charge in [0.25, 0.3) is 0 Å². The van der Waals surface area contributed by atoms with Crippen LogP contribution in [0.5, 0.6) is 0 Å². The van der Waals surface area contributed by atoms with Crippen molar-refractivity contribution in [3.8, 4) is 0 Å². The molecule has 11 nitrogen and oxygen atoms in total. The van der Waals surface area contributed by atoms with Crippen LogP contribution in [0.1, 0.15) is 79.4 Å². The SMILES string of the molecule is N[C@@H](CCC(=O)O)c1noc([C@H](CC2CCc3ccccc32)NC(=O)N2CCCC2C(=O)O)n1. The van der Waals surface area contributed by atoms with Crippen LogP contribution < -0.4 is 11.1 Å². The predicted octanol–water partition coefficient (Wildman–Crippen LogP) is 2.35. The van der Waals surface area contributed by atoms with E-state index in [1.54, 1.807) is 0 Å². The predicted molar refractivity (Wildman–Crippen MR) is 119 cm³/mol. The first-order valence-electron chi connectivity index (χ1n) is 11.5. The Balaban J connectivity index is 1.54. The molecule has 1 aliphatic carbocycles. The quantitative estimate of drug-likeness (QED) is 0.428. The highest BCUT2D eigenvalue weighted by atomic mass is 16.5. The lowest BCUT2D eigenvalue weighted by Crippen LogP contribution is -2.47. The molecule has 182 valence electrons. The van der Waals surface area contributed by atoms with E-state index >= 15 is 0 Å². The number of benzene rings is 1. The van der Waals surface area contributed by atoms with Gasteiger partial charge in [-0.3, -0.25) is 4.79 Å². The second-order valence-corrected chi connectivity index (χ2v) is 8.89. The molecule has 0 saturated carbocycles. The fraction of sp³-hybridized carbons (Fsp3) is 0.522. The molecular formula is C23H29N5O6. The highest BCUT2D eigenvalue weighted by Crippen LogP contribution is 2.39. The Kier molecular flexibility index (Phi) is 7.11. The van der Waals surface area contributed by atoms with Crippen LogP contribution in [0.4, 0.5) is 4.79 Å². The zero-order chi connectivity index (χ0) is 24.2. The van der Waals surface area contributed by atoms with E-state index in [2.05, 4.69) is 27.6 Å². The number of hydrogen-bond acceptors (Lipinski definition) is 7. The van der Waals surface area contributed by atoms with Crippen molar-refractivity contribution in [2.24, 2.45) is 5.73 Å². The van der Waals surface area contributed by atoms with Crippen molar-refractivity contribution in [3.05, 3.63) is 47.1 Å². The topological polar surface area (TPSA) is 172 Å². The molecule has 1 fully saturated rings. The summed E-state index contributed by atoms with van der Waals surface area (Å²) in [5.41, 5.74) is 8.51. The number of nitrogens with two attached hydrogens (primary N) is 1. The van der Waals surface area contributed by atoms with Crippen molar-refractivity contribution >= 4 is 18.0 Å². The number of aryl methyl sites for hydroxylation is 1. The van der Waals surface area contributed by atoms with Crippen LogP contribution in [0.3, 0.4) is 0 Å². The Morgan fingerprint density at radius 1 is 1.24 bits per heavy atom. The van der Waals surface area contributed by atoms with Crippen LogP contribution >= 0.6 is 0 Å². The minimum atomic E-state index is -1.03. The number of urea groups is 1. The molecule has 0 radical (unpaired) electrons. The van der Waals surface area contributed by atoms with E-state index < -0.39 is 36.1 Å². The summed E-state index contributed by atoms with van der Waals surface area (Å²) in [6.45, 7) is 0.358. The number of carbonyl (C=O) groups excluding carboxylic acids is 1. The Hall–Kier alpha value is -3.47. The second-order valence-electron chi connectivity index (χ2n) is 8.89. The summed E-state index contributed by atoms with van der Waals surface area (Å²) in [6.07, 6.45) is 3.39. The molecule has 1 aromatic carbocycles. The molecule has 5 N–H and O–H groups in total. The van der Waals surface area contributed by atoms with Gasteiger partial charge in [-0.05, 0) is 55.6 Å². The summed E-state index contributed by atoms with van der Waals surface area (Å²) >= 11 is 0. The van der Waals surface area contributed by atoms with Gasteiger partial charge in [0, 0.05) is 13.0 Å². The van der Waals surface area contributed by atoms with Crippen molar-refractivity contribution in [2.45, 2.75) is 69.0 Å². The third-order valence-electron chi connectivity index (χ3n) is 6.63. The number of nitrogens with one attached hydrogen (secondary N) is 1. The molecule has 4 rings (SSSR count). The number of carboxylic acids is 2. The molecule has 11 heteroatoms. The first-order chi connectivity index (χ1) is 16.3. The average Bonchev–Trinajstić information content (AvgIpc) is 3.56. The summed E-state index contributed by atoms with van der Waals surface area (Å²) in [5.74, 6) is -1.50. The van der Waals surface area contributed by atoms with Crippen molar-refractivity contribution in [1.82, 2.24) is 20.4 Å². The van der Waals surface area contributed by atoms with Gasteiger partial charge in [-0.15, -0.1) is 0 Å². The molecule has 2 unspecified atom stereocenters. The second kappa shape index (κ2) is 10.2. The number of carbonyl (C=O) groups is 3. The summed E-state index contributed by atoms with van der Waals surface area (Å²) in [6, 6.07) is 5.44. The summed E-state index contributed by atoms with van der Waals surface area (Å²) in [7, 11) is 0. The highest BCUT2D eigenvalue weighted by molar-refractivity contribution is 5.83. The standard InChI is InChI=1S/C23H29N5O6/c24-16(9-10-19(29)30)20-26-21(34-27-20)17(12-14-8-7-13-4-1-2-5-15(13)14)25-23(33)28-11-3-6-18(28)22(31)32/h1-2,4-5,14,16-18H,3,6-12,24H2,(H,25,33)(H,29,30)(H,31,32)/t14?,16-,17-,18?/m0/s1. The largest absolute Gasteiger partial charge is 0.481 e. The normalized spacial score (nSPS) is 21.1. The van der Waals surface area contributed by atoms with Crippen LogP contribution in [-0.4, -0.2) is 55.8 Å². The Morgan fingerprint density at radius 3 is 2.79 bits per heavy atom. The molecule has 2 heterocycles. The number of aliphatic carboxylic acids is 2. The monoisotopic (exact) mass is 471 g/mol. The first-order valence-corrected chi connectivity index (χ1v) is 11.5. The molecule has 2 aliphatic rings. The lowest BCUT2D eigenvalue weighted by atomic mass is 9.93. The third kappa shape index (κ3) is 5.19. The maximum Gasteiger partial charge on any atom is 0.326 e. The van der Waals surface area contributed by atoms with E-state index in [1.165, 1.54) is 16.0 Å². The molecule has 0 bridgehead atoms. The van der Waals surface area contributed by atoms with Crippen molar-refractivity contribution in [3.63, 3.8) is 0 Å². The van der Waals surface area contributed by atoms with Crippen molar-refractivity contribution < 1.29 is 29.1 Å². The molecule has 2 amide bonds. The number of hydrogen-bond donors (Lipinski definition) is 4. The molecule has 1 saturated heterocycles. The molecule has 4 atom stereocenters. The molecule has 1 aromatic heterocycles. The number of fused-ring (bicyclic) bond motifs is 1. The number of rotatable bonds is 9. The maximum absolute atomic E-state index is 13.1. The minimum absolute atomic E-state index is 0.129. The smallest absolute Gasteiger partial charge is 0.326 e. The molecule has 1 aliphatic heterocycles. The van der Waals surface area contributed by atoms with Crippen molar-refractivity contribution in [1.29, 1.82) is 0 Å². The lowest BCUT2D eigenvalue weighted by Gasteiger charge is -2.26. The van der Waals surface area contributed by atoms with Gasteiger partial charge >= 0.3 is 18.0 Å². The fourth-order valence-corrected chi connectivity index (χ4v) is 4.84. The van der Waals surface area contributed by atoms with Crippen LogP contribution in [0.15, 0.2) is 28.8 Å². The Morgan fingerprint density at radius 2 is 2.03 bits per heavy atom. The van der Waals surface area contributed by atoms with Gasteiger partial charge < -0.3 is 30.7 Å². The zero-order valence-corrected chi connectivity index (χ0v) is 18.7. The minimum Gasteiger partial charge on any atom is -0.481 e. The van der Waals surface area contributed by atoms with Gasteiger partial charge in [0.2, 0.25) is 5.89 Å². The van der Waals surface area contributed by atoms with Gasteiger partial charge in [0.1, 0.15) is 12.1 Å². The maximum atomic E-state index is 13.1. The van der Waals surface area contributed by atoms with Crippen LogP contribution in [0.25, 0.3) is 0 Å². The summed E-state index contributed by atoms with van der Waals surface area (Å²) in [4.78, 5) is 41.2. The average molecular weight is 472 g/mol. The number of amides is 2. The molecule has 2 aromatic rings.